The molecule has 0 amide bonds. The van der Waals surface area contributed by atoms with Crippen molar-refractivity contribution in [2.75, 3.05) is 13.2 Å². The average Bonchev–Trinajstić information content (AvgIpc) is 2.77. The Morgan fingerprint density at radius 1 is 0.724 bits per heavy atom. The molecule has 0 radical (unpaired) electrons. The monoisotopic (exact) mass is 390 g/mol. The molecule has 0 aliphatic heterocycles. The highest BCUT2D eigenvalue weighted by Crippen LogP contribution is 2.32. The van der Waals surface area contributed by atoms with Crippen LogP contribution in [0.2, 0.25) is 0 Å². The van der Waals surface area contributed by atoms with Crippen LogP contribution in [-0.2, 0) is 0 Å². The van der Waals surface area contributed by atoms with Crippen LogP contribution >= 0.6 is 0 Å². The van der Waals surface area contributed by atoms with E-state index in [1.165, 1.54) is 44.9 Å². The lowest BCUT2D eigenvalue weighted by molar-refractivity contribution is 0.178. The SMILES string of the molecule is CCCC[C@H]1CC[C@H](COc2ccc(C#Cc3ccc(OCC)cc3)cc2)CC1. The topological polar surface area (TPSA) is 18.5 Å². The normalized spacial score (nSPS) is 18.6. The van der Waals surface area contributed by atoms with E-state index in [0.717, 1.165) is 35.2 Å². The van der Waals surface area contributed by atoms with E-state index in [1.54, 1.807) is 0 Å². The minimum absolute atomic E-state index is 0.680. The Labute approximate surface area is 176 Å². The molecule has 154 valence electrons. The Kier molecular flexibility index (Phi) is 8.50. The molecule has 29 heavy (non-hydrogen) atoms. The second kappa shape index (κ2) is 11.6. The van der Waals surface area contributed by atoms with E-state index in [-0.39, 0.29) is 0 Å². The van der Waals surface area contributed by atoms with Gasteiger partial charge in [-0.2, -0.15) is 0 Å². The Morgan fingerprint density at radius 3 is 1.76 bits per heavy atom. The summed E-state index contributed by atoms with van der Waals surface area (Å²) in [7, 11) is 0. The van der Waals surface area contributed by atoms with Crippen molar-refractivity contribution in [3.05, 3.63) is 59.7 Å². The number of hydrogen-bond acceptors (Lipinski definition) is 2. The maximum atomic E-state index is 6.05. The van der Waals surface area contributed by atoms with Crippen molar-refractivity contribution in [2.45, 2.75) is 58.8 Å². The molecule has 1 saturated carbocycles. The Balaban J connectivity index is 1.44. The third-order valence-electron chi connectivity index (χ3n) is 5.79. The van der Waals surface area contributed by atoms with Crippen LogP contribution in [0.4, 0.5) is 0 Å². The van der Waals surface area contributed by atoms with Crippen molar-refractivity contribution in [3.63, 3.8) is 0 Å². The first kappa shape index (κ1) is 21.3. The number of hydrogen-bond donors (Lipinski definition) is 0. The maximum Gasteiger partial charge on any atom is 0.119 e. The average molecular weight is 391 g/mol. The van der Waals surface area contributed by atoms with Crippen molar-refractivity contribution in [1.29, 1.82) is 0 Å². The van der Waals surface area contributed by atoms with Crippen LogP contribution in [0.5, 0.6) is 11.5 Å². The van der Waals surface area contributed by atoms with Gasteiger partial charge in [0, 0.05) is 11.1 Å². The zero-order valence-electron chi connectivity index (χ0n) is 18.0. The number of benzene rings is 2. The highest BCUT2D eigenvalue weighted by molar-refractivity contribution is 5.45. The van der Waals surface area contributed by atoms with Crippen molar-refractivity contribution in [2.24, 2.45) is 11.8 Å². The molecule has 0 bridgehead atoms. The first-order valence-electron chi connectivity index (χ1n) is 11.2. The number of rotatable bonds is 8. The zero-order chi connectivity index (χ0) is 20.3. The summed E-state index contributed by atoms with van der Waals surface area (Å²) in [5.41, 5.74) is 1.99. The molecule has 2 heteroatoms. The summed E-state index contributed by atoms with van der Waals surface area (Å²) < 4.78 is 11.5. The predicted octanol–water partition coefficient (Wildman–Crippen LogP) is 6.86. The van der Waals surface area contributed by atoms with Crippen LogP contribution in [0.1, 0.15) is 69.9 Å². The predicted molar refractivity (Wildman–Crippen MR) is 121 cm³/mol. The second-order valence-electron chi connectivity index (χ2n) is 8.07. The molecule has 0 heterocycles. The number of unbranched alkanes of at least 4 members (excludes halogenated alkanes) is 1. The van der Waals surface area contributed by atoms with Gasteiger partial charge in [0.05, 0.1) is 13.2 Å². The summed E-state index contributed by atoms with van der Waals surface area (Å²) in [4.78, 5) is 0. The van der Waals surface area contributed by atoms with Gasteiger partial charge < -0.3 is 9.47 Å². The van der Waals surface area contributed by atoms with E-state index in [1.807, 2.05) is 55.5 Å². The highest BCUT2D eigenvalue weighted by atomic mass is 16.5. The fourth-order valence-electron chi connectivity index (χ4n) is 3.97. The molecule has 1 aliphatic carbocycles. The zero-order valence-corrected chi connectivity index (χ0v) is 18.0. The van der Waals surface area contributed by atoms with E-state index in [2.05, 4.69) is 18.8 Å². The third-order valence-corrected chi connectivity index (χ3v) is 5.79. The Bertz CT molecular complexity index is 772. The molecule has 2 nitrogen and oxygen atoms in total. The molecular weight excluding hydrogens is 356 g/mol. The second-order valence-corrected chi connectivity index (χ2v) is 8.07. The van der Waals surface area contributed by atoms with Gasteiger partial charge in [-0.25, -0.2) is 0 Å². The van der Waals surface area contributed by atoms with E-state index >= 15 is 0 Å². The fourth-order valence-corrected chi connectivity index (χ4v) is 3.97. The molecule has 0 N–H and O–H groups in total. The molecule has 0 atom stereocenters. The van der Waals surface area contributed by atoms with E-state index < -0.39 is 0 Å². The maximum absolute atomic E-state index is 6.05. The smallest absolute Gasteiger partial charge is 0.119 e. The highest BCUT2D eigenvalue weighted by Gasteiger charge is 2.21. The molecule has 0 unspecified atom stereocenters. The minimum atomic E-state index is 0.680. The van der Waals surface area contributed by atoms with Crippen LogP contribution in [0.3, 0.4) is 0 Å². The largest absolute Gasteiger partial charge is 0.494 e. The van der Waals surface area contributed by atoms with E-state index in [4.69, 9.17) is 9.47 Å². The Hall–Kier alpha value is -2.40. The summed E-state index contributed by atoms with van der Waals surface area (Å²) >= 11 is 0. The lowest BCUT2D eigenvalue weighted by Crippen LogP contribution is -2.20. The minimum Gasteiger partial charge on any atom is -0.494 e. The first-order valence-corrected chi connectivity index (χ1v) is 11.2. The molecule has 1 fully saturated rings. The van der Waals surface area contributed by atoms with Gasteiger partial charge in [0.2, 0.25) is 0 Å². The van der Waals surface area contributed by atoms with E-state index in [0.29, 0.717) is 12.5 Å². The van der Waals surface area contributed by atoms with Crippen molar-refractivity contribution >= 4 is 0 Å². The summed E-state index contributed by atoms with van der Waals surface area (Å²) in [5, 5.41) is 0. The van der Waals surface area contributed by atoms with Gasteiger partial charge in [0.1, 0.15) is 11.5 Å². The fraction of sp³-hybridized carbons (Fsp3) is 0.481. The lowest BCUT2D eigenvalue weighted by atomic mass is 9.80. The molecule has 0 saturated heterocycles. The van der Waals surface area contributed by atoms with Gasteiger partial charge in [0.25, 0.3) is 0 Å². The molecule has 3 rings (SSSR count). The van der Waals surface area contributed by atoms with Gasteiger partial charge in [-0.3, -0.25) is 0 Å². The molecule has 2 aromatic rings. The van der Waals surface area contributed by atoms with Gasteiger partial charge in [-0.15, -0.1) is 0 Å². The molecule has 1 aliphatic rings. The summed E-state index contributed by atoms with van der Waals surface area (Å²) in [5.74, 6) is 9.93. The number of ether oxygens (including phenoxy) is 2. The van der Waals surface area contributed by atoms with Crippen LogP contribution in [-0.4, -0.2) is 13.2 Å². The summed E-state index contributed by atoms with van der Waals surface area (Å²) in [6, 6.07) is 16.1. The Morgan fingerprint density at radius 2 is 1.24 bits per heavy atom. The van der Waals surface area contributed by atoms with Gasteiger partial charge >= 0.3 is 0 Å². The summed E-state index contributed by atoms with van der Waals surface area (Å²) in [6.07, 6.45) is 9.54. The first-order chi connectivity index (χ1) is 14.3. The van der Waals surface area contributed by atoms with Crippen molar-refractivity contribution in [3.8, 4) is 23.3 Å². The quantitative estimate of drug-likeness (QED) is 0.458. The third kappa shape index (κ3) is 7.17. The van der Waals surface area contributed by atoms with Crippen molar-refractivity contribution in [1.82, 2.24) is 0 Å². The van der Waals surface area contributed by atoms with E-state index in [9.17, 15) is 0 Å². The molecule has 2 aromatic carbocycles. The van der Waals surface area contributed by atoms with Gasteiger partial charge in [0.15, 0.2) is 0 Å². The van der Waals surface area contributed by atoms with Crippen molar-refractivity contribution < 1.29 is 9.47 Å². The molecule has 0 aromatic heterocycles. The molecular formula is C27H34O2. The standard InChI is InChI=1S/C27H34O2/c1-3-5-6-22-9-11-25(12-10-22)21-29-27-19-15-24(16-20-27)8-7-23-13-17-26(18-14-23)28-4-2/h13-20,22,25H,3-6,9-12,21H2,1-2H3/t22-,25-. The molecule has 0 spiro atoms. The van der Waals surface area contributed by atoms with Crippen LogP contribution in [0.15, 0.2) is 48.5 Å². The van der Waals surface area contributed by atoms with Crippen LogP contribution < -0.4 is 9.47 Å². The van der Waals surface area contributed by atoms with Crippen LogP contribution in [0, 0.1) is 23.7 Å². The lowest BCUT2D eigenvalue weighted by Gasteiger charge is -2.28. The van der Waals surface area contributed by atoms with Crippen LogP contribution in [0.25, 0.3) is 0 Å². The van der Waals surface area contributed by atoms with Gasteiger partial charge in [-0.1, -0.05) is 50.9 Å². The van der Waals surface area contributed by atoms with Gasteiger partial charge in [-0.05, 0) is 80.1 Å². The summed E-state index contributed by atoms with van der Waals surface area (Å²) in [6.45, 7) is 5.80.